The lowest BCUT2D eigenvalue weighted by Gasteiger charge is -2.37. The minimum atomic E-state index is -1.07. The first-order chi connectivity index (χ1) is 8.70. The first-order valence-corrected chi connectivity index (χ1v) is 6.91. The van der Waals surface area contributed by atoms with Gasteiger partial charge in [-0.1, -0.05) is 26.7 Å². The van der Waals surface area contributed by atoms with Crippen molar-refractivity contribution in [3.63, 3.8) is 0 Å². The highest BCUT2D eigenvalue weighted by atomic mass is 16.7. The fraction of sp³-hybridized carbons (Fsp3) is 1.00. The van der Waals surface area contributed by atoms with E-state index in [1.807, 2.05) is 0 Å². The van der Waals surface area contributed by atoms with Gasteiger partial charge in [0, 0.05) is 13.2 Å². The van der Waals surface area contributed by atoms with E-state index in [4.69, 9.17) is 14.2 Å². The molecule has 0 aromatic heterocycles. The Morgan fingerprint density at radius 2 is 1.67 bits per heavy atom. The maximum absolute atomic E-state index is 10.1. The van der Waals surface area contributed by atoms with E-state index in [1.165, 1.54) is 0 Å². The number of hydrogen-bond acceptors (Lipinski definition) is 5. The Labute approximate surface area is 109 Å². The normalized spacial score (nSPS) is 32.7. The van der Waals surface area contributed by atoms with Crippen LogP contribution < -0.4 is 0 Å². The van der Waals surface area contributed by atoms with Crippen LogP contribution in [0.25, 0.3) is 0 Å². The number of aliphatic hydroxyl groups is 2. The highest BCUT2D eigenvalue weighted by molar-refractivity contribution is 4.84. The summed E-state index contributed by atoms with van der Waals surface area (Å²) in [5.41, 5.74) is 0. The Kier molecular flexibility index (Phi) is 7.77. The van der Waals surface area contributed by atoms with Crippen molar-refractivity contribution in [2.45, 2.75) is 64.1 Å². The summed E-state index contributed by atoms with van der Waals surface area (Å²) in [4.78, 5) is 0. The van der Waals surface area contributed by atoms with Crippen molar-refractivity contribution in [3.8, 4) is 0 Å². The van der Waals surface area contributed by atoms with Crippen LogP contribution >= 0.6 is 0 Å². The molecule has 0 spiro atoms. The number of hydrogen-bond donors (Lipinski definition) is 2. The van der Waals surface area contributed by atoms with Gasteiger partial charge in [-0.25, -0.2) is 0 Å². The fourth-order valence-corrected chi connectivity index (χ4v) is 1.84. The molecule has 1 fully saturated rings. The zero-order valence-corrected chi connectivity index (χ0v) is 11.4. The lowest BCUT2D eigenvalue weighted by Crippen LogP contribution is -2.55. The average Bonchev–Trinajstić information content (AvgIpc) is 2.36. The van der Waals surface area contributed by atoms with Crippen LogP contribution in [0.2, 0.25) is 0 Å². The van der Waals surface area contributed by atoms with Crippen LogP contribution in [0, 0.1) is 0 Å². The molecule has 0 bridgehead atoms. The highest BCUT2D eigenvalue weighted by Crippen LogP contribution is 2.20. The van der Waals surface area contributed by atoms with Crippen molar-refractivity contribution < 1.29 is 24.4 Å². The maximum atomic E-state index is 10.1. The maximum Gasteiger partial charge on any atom is 0.183 e. The number of unbranched alkanes of at least 4 members (excludes halogenated alkanes) is 2. The molecule has 5 heteroatoms. The van der Waals surface area contributed by atoms with Crippen molar-refractivity contribution in [2.75, 3.05) is 19.8 Å². The lowest BCUT2D eigenvalue weighted by atomic mass is 10.1. The average molecular weight is 262 g/mol. The summed E-state index contributed by atoms with van der Waals surface area (Å²) in [5, 5.41) is 19.8. The Morgan fingerprint density at radius 3 is 2.28 bits per heavy atom. The van der Waals surface area contributed by atoms with Crippen molar-refractivity contribution in [2.24, 2.45) is 0 Å². The molecule has 0 amide bonds. The number of rotatable bonds is 8. The van der Waals surface area contributed by atoms with Crippen LogP contribution in [0.15, 0.2) is 0 Å². The molecule has 0 aromatic rings. The van der Waals surface area contributed by atoms with Gasteiger partial charge < -0.3 is 24.4 Å². The second-order valence-corrected chi connectivity index (χ2v) is 4.67. The van der Waals surface area contributed by atoms with Gasteiger partial charge in [-0.15, -0.1) is 0 Å². The zero-order valence-electron chi connectivity index (χ0n) is 11.4. The Hall–Kier alpha value is -0.200. The van der Waals surface area contributed by atoms with E-state index >= 15 is 0 Å². The lowest BCUT2D eigenvalue weighted by molar-refractivity contribution is -0.272. The van der Waals surface area contributed by atoms with Gasteiger partial charge in [0.05, 0.1) is 6.61 Å². The van der Waals surface area contributed by atoms with Gasteiger partial charge in [-0.2, -0.15) is 0 Å². The molecule has 1 rings (SSSR count). The Balaban J connectivity index is 2.38. The van der Waals surface area contributed by atoms with Gasteiger partial charge in [-0.3, -0.25) is 0 Å². The number of ether oxygens (including phenoxy) is 3. The summed E-state index contributed by atoms with van der Waals surface area (Å²) in [6, 6.07) is 0. The molecule has 0 aliphatic carbocycles. The van der Waals surface area contributed by atoms with E-state index in [2.05, 4.69) is 13.8 Å². The summed E-state index contributed by atoms with van der Waals surface area (Å²) in [6.45, 7) is 5.46. The largest absolute Gasteiger partial charge is 0.387 e. The van der Waals surface area contributed by atoms with Crippen molar-refractivity contribution in [1.82, 2.24) is 0 Å². The summed E-state index contributed by atoms with van der Waals surface area (Å²) >= 11 is 0. The van der Waals surface area contributed by atoms with Crippen LogP contribution in [0.4, 0.5) is 0 Å². The molecule has 2 unspecified atom stereocenters. The van der Waals surface area contributed by atoms with Gasteiger partial charge in [0.1, 0.15) is 18.3 Å². The summed E-state index contributed by atoms with van der Waals surface area (Å²) in [6.07, 6.45) is 0.887. The molecular weight excluding hydrogens is 236 g/mol. The van der Waals surface area contributed by atoms with E-state index in [-0.39, 0.29) is 6.61 Å². The second kappa shape index (κ2) is 8.82. The van der Waals surface area contributed by atoms with E-state index in [9.17, 15) is 10.2 Å². The molecule has 1 saturated heterocycles. The molecule has 108 valence electrons. The topological polar surface area (TPSA) is 68.2 Å². The molecule has 0 aromatic carbocycles. The third kappa shape index (κ3) is 4.82. The minimum absolute atomic E-state index is 0.208. The van der Waals surface area contributed by atoms with Gasteiger partial charge in [0.25, 0.3) is 0 Å². The zero-order chi connectivity index (χ0) is 13.4. The molecule has 5 nitrogen and oxygen atoms in total. The van der Waals surface area contributed by atoms with Crippen LogP contribution in [-0.2, 0) is 14.2 Å². The van der Waals surface area contributed by atoms with Crippen molar-refractivity contribution >= 4 is 0 Å². The predicted molar refractivity (Wildman–Crippen MR) is 67.3 cm³/mol. The van der Waals surface area contributed by atoms with Gasteiger partial charge in [0.2, 0.25) is 0 Å². The van der Waals surface area contributed by atoms with Crippen LogP contribution in [0.5, 0.6) is 0 Å². The summed E-state index contributed by atoms with van der Waals surface area (Å²) in [5.74, 6) is 0. The second-order valence-electron chi connectivity index (χ2n) is 4.67. The molecule has 18 heavy (non-hydrogen) atoms. The van der Waals surface area contributed by atoms with E-state index in [1.54, 1.807) is 0 Å². The van der Waals surface area contributed by atoms with Gasteiger partial charge in [0.15, 0.2) is 6.29 Å². The first-order valence-electron chi connectivity index (χ1n) is 6.91. The smallest absolute Gasteiger partial charge is 0.183 e. The van der Waals surface area contributed by atoms with Crippen molar-refractivity contribution in [3.05, 3.63) is 0 Å². The SMILES string of the molecule is CCCCOC1C(O)[C@H](OCCCC)CO[C@H]1O. The van der Waals surface area contributed by atoms with E-state index in [0.717, 1.165) is 25.7 Å². The monoisotopic (exact) mass is 262 g/mol. The quantitative estimate of drug-likeness (QED) is 0.640. The number of aliphatic hydroxyl groups excluding tert-OH is 2. The molecule has 0 saturated carbocycles. The summed E-state index contributed by atoms with van der Waals surface area (Å²) in [7, 11) is 0. The van der Waals surface area contributed by atoms with Crippen LogP contribution in [-0.4, -0.2) is 54.6 Å². The van der Waals surface area contributed by atoms with E-state index in [0.29, 0.717) is 13.2 Å². The van der Waals surface area contributed by atoms with E-state index < -0.39 is 24.6 Å². The van der Waals surface area contributed by atoms with Crippen LogP contribution in [0.3, 0.4) is 0 Å². The molecule has 1 heterocycles. The van der Waals surface area contributed by atoms with Crippen LogP contribution in [0.1, 0.15) is 39.5 Å². The summed E-state index contributed by atoms with van der Waals surface area (Å²) < 4.78 is 16.2. The fourth-order valence-electron chi connectivity index (χ4n) is 1.84. The highest BCUT2D eigenvalue weighted by Gasteiger charge is 2.40. The molecule has 4 atom stereocenters. The standard InChI is InChI=1S/C13H26O5/c1-3-5-7-16-10-9-18-13(15)12(11(10)14)17-8-6-4-2/h10-15H,3-9H2,1-2H3/t10-,11?,12?,13-/m1/s1. The molecule has 1 aliphatic heterocycles. The third-order valence-corrected chi connectivity index (χ3v) is 3.07. The van der Waals surface area contributed by atoms with Gasteiger partial charge >= 0.3 is 0 Å². The Bertz CT molecular complexity index is 212. The molecule has 1 aliphatic rings. The molecule has 0 radical (unpaired) electrons. The van der Waals surface area contributed by atoms with Gasteiger partial charge in [-0.05, 0) is 12.8 Å². The first kappa shape index (κ1) is 15.9. The minimum Gasteiger partial charge on any atom is -0.387 e. The molecule has 2 N–H and O–H groups in total. The van der Waals surface area contributed by atoms with Crippen molar-refractivity contribution in [1.29, 1.82) is 0 Å². The molecular formula is C13H26O5. The third-order valence-electron chi connectivity index (χ3n) is 3.07. The predicted octanol–water partition coefficient (Wildman–Crippen LogP) is 1.07. The Morgan fingerprint density at radius 1 is 1.06 bits per heavy atom.